The van der Waals surface area contributed by atoms with E-state index >= 15 is 0 Å². The minimum absolute atomic E-state index is 0.0948. The van der Waals surface area contributed by atoms with Crippen LogP contribution < -0.4 is 9.47 Å². The molecule has 3 rings (SSSR count). The van der Waals surface area contributed by atoms with Crippen LogP contribution in [0.3, 0.4) is 0 Å². The van der Waals surface area contributed by atoms with Crippen LogP contribution in [0.1, 0.15) is 11.1 Å². The summed E-state index contributed by atoms with van der Waals surface area (Å²) < 4.78 is 23.5. The van der Waals surface area contributed by atoms with Crippen LogP contribution in [0.25, 0.3) is 6.08 Å². The van der Waals surface area contributed by atoms with Crippen molar-refractivity contribution in [1.29, 1.82) is 0 Å². The fourth-order valence-corrected chi connectivity index (χ4v) is 3.33. The van der Waals surface area contributed by atoms with Crippen LogP contribution in [0.5, 0.6) is 11.5 Å². The number of hydrogen-bond donors (Lipinski definition) is 0. The average Bonchev–Trinajstić information content (AvgIpc) is 2.90. The summed E-state index contributed by atoms with van der Waals surface area (Å²) in [7, 11) is 3.07. The predicted molar refractivity (Wildman–Crippen MR) is 97.5 cm³/mol. The first kappa shape index (κ1) is 18.0. The van der Waals surface area contributed by atoms with Gasteiger partial charge in [0.2, 0.25) is 0 Å². The molecule has 1 fully saturated rings. The molecule has 5 nitrogen and oxygen atoms in total. The zero-order valence-electron chi connectivity index (χ0n) is 14.2. The van der Waals surface area contributed by atoms with Gasteiger partial charge in [-0.25, -0.2) is 4.39 Å². The van der Waals surface area contributed by atoms with E-state index < -0.39 is 5.91 Å². The van der Waals surface area contributed by atoms with Gasteiger partial charge in [-0.05, 0) is 53.7 Å². The molecule has 0 N–H and O–H groups in total. The molecule has 1 saturated heterocycles. The number of nitrogens with zero attached hydrogens (tertiary/aromatic N) is 1. The quantitative estimate of drug-likeness (QED) is 0.739. The van der Waals surface area contributed by atoms with E-state index in [0.29, 0.717) is 27.5 Å². The first-order valence-electron chi connectivity index (χ1n) is 7.73. The minimum Gasteiger partial charge on any atom is -0.497 e. The van der Waals surface area contributed by atoms with E-state index in [-0.39, 0.29) is 17.6 Å². The normalized spacial score (nSPS) is 15.7. The Morgan fingerprint density at radius 3 is 2.46 bits per heavy atom. The highest BCUT2D eigenvalue weighted by Gasteiger charge is 2.35. The zero-order chi connectivity index (χ0) is 18.7. The van der Waals surface area contributed by atoms with Crippen LogP contribution in [0, 0.1) is 5.82 Å². The third-order valence-electron chi connectivity index (χ3n) is 3.85. The Morgan fingerprint density at radius 2 is 1.81 bits per heavy atom. The zero-order valence-corrected chi connectivity index (χ0v) is 15.0. The highest BCUT2D eigenvalue weighted by molar-refractivity contribution is 8.18. The average molecular weight is 373 g/mol. The standard InChI is InChI=1S/C19H16FNO4S/c1-24-15-7-8-16(25-2)13(9-15)10-17-18(22)21(19(23)26-17)11-12-3-5-14(20)6-4-12/h3-10H,11H2,1-2H3/b17-10-. The molecule has 0 aliphatic carbocycles. The molecule has 2 aromatic carbocycles. The van der Waals surface area contributed by atoms with Gasteiger partial charge in [-0.1, -0.05) is 12.1 Å². The van der Waals surface area contributed by atoms with E-state index in [0.717, 1.165) is 16.7 Å². The van der Waals surface area contributed by atoms with Crippen molar-refractivity contribution >= 4 is 29.0 Å². The number of amides is 2. The molecule has 1 aliphatic rings. The van der Waals surface area contributed by atoms with Crippen molar-refractivity contribution in [3.63, 3.8) is 0 Å². The molecule has 134 valence electrons. The van der Waals surface area contributed by atoms with Crippen LogP contribution in [-0.4, -0.2) is 30.3 Å². The molecule has 0 radical (unpaired) electrons. The fraction of sp³-hybridized carbons (Fsp3) is 0.158. The second-order valence-electron chi connectivity index (χ2n) is 5.50. The Hall–Kier alpha value is -2.80. The number of carbonyl (C=O) groups is 2. The summed E-state index contributed by atoms with van der Waals surface area (Å²) in [5.74, 6) is 0.417. The Bertz CT molecular complexity index is 880. The summed E-state index contributed by atoms with van der Waals surface area (Å²) in [6, 6.07) is 10.9. The number of halogens is 1. The molecular formula is C19H16FNO4S. The second-order valence-corrected chi connectivity index (χ2v) is 6.50. The highest BCUT2D eigenvalue weighted by Crippen LogP contribution is 2.35. The number of ether oxygens (including phenoxy) is 2. The lowest BCUT2D eigenvalue weighted by molar-refractivity contribution is -0.123. The smallest absolute Gasteiger partial charge is 0.293 e. The summed E-state index contributed by atoms with van der Waals surface area (Å²) in [5.41, 5.74) is 1.31. The maximum Gasteiger partial charge on any atom is 0.293 e. The van der Waals surface area contributed by atoms with E-state index in [1.165, 1.54) is 19.2 Å². The van der Waals surface area contributed by atoms with Crippen molar-refractivity contribution < 1.29 is 23.5 Å². The van der Waals surface area contributed by atoms with E-state index in [1.54, 1.807) is 43.5 Å². The molecule has 2 amide bonds. The number of imide groups is 1. The Labute approximate surface area is 154 Å². The summed E-state index contributed by atoms with van der Waals surface area (Å²) in [5, 5.41) is -0.368. The van der Waals surface area contributed by atoms with Crippen LogP contribution >= 0.6 is 11.8 Å². The molecule has 0 unspecified atom stereocenters. The maximum absolute atomic E-state index is 13.0. The van der Waals surface area contributed by atoms with Crippen LogP contribution in [0.2, 0.25) is 0 Å². The Kier molecular flexibility index (Phi) is 5.27. The molecule has 1 aliphatic heterocycles. The van der Waals surface area contributed by atoms with E-state index in [1.807, 2.05) is 0 Å². The lowest BCUT2D eigenvalue weighted by Gasteiger charge is -2.12. The van der Waals surface area contributed by atoms with Crippen molar-refractivity contribution in [3.8, 4) is 11.5 Å². The first-order chi connectivity index (χ1) is 12.5. The summed E-state index contributed by atoms with van der Waals surface area (Å²) in [6.07, 6.45) is 1.61. The van der Waals surface area contributed by atoms with E-state index in [9.17, 15) is 14.0 Å². The number of rotatable bonds is 5. The van der Waals surface area contributed by atoms with Crippen molar-refractivity contribution in [2.45, 2.75) is 6.54 Å². The van der Waals surface area contributed by atoms with Gasteiger partial charge in [0.1, 0.15) is 17.3 Å². The van der Waals surface area contributed by atoms with Gasteiger partial charge in [-0.15, -0.1) is 0 Å². The van der Waals surface area contributed by atoms with Crippen molar-refractivity contribution in [2.75, 3.05) is 14.2 Å². The minimum atomic E-state index is -0.394. The molecule has 0 saturated carbocycles. The van der Waals surface area contributed by atoms with Crippen LogP contribution in [-0.2, 0) is 11.3 Å². The third-order valence-corrected chi connectivity index (χ3v) is 4.76. The van der Waals surface area contributed by atoms with Gasteiger partial charge in [0, 0.05) is 5.56 Å². The van der Waals surface area contributed by atoms with Crippen molar-refractivity contribution in [3.05, 3.63) is 64.3 Å². The lowest BCUT2D eigenvalue weighted by atomic mass is 10.1. The number of hydrogen-bond acceptors (Lipinski definition) is 5. The fourth-order valence-electron chi connectivity index (χ4n) is 2.50. The van der Waals surface area contributed by atoms with Crippen molar-refractivity contribution in [2.24, 2.45) is 0 Å². The van der Waals surface area contributed by atoms with Gasteiger partial charge in [-0.3, -0.25) is 14.5 Å². The SMILES string of the molecule is COc1ccc(OC)c(/C=C2\SC(=O)N(Cc3ccc(F)cc3)C2=O)c1. The lowest BCUT2D eigenvalue weighted by Crippen LogP contribution is -2.27. The molecule has 0 atom stereocenters. The molecule has 0 aromatic heterocycles. The molecule has 0 spiro atoms. The maximum atomic E-state index is 13.0. The second kappa shape index (κ2) is 7.61. The van der Waals surface area contributed by atoms with E-state index in [4.69, 9.17) is 9.47 Å². The largest absolute Gasteiger partial charge is 0.497 e. The Morgan fingerprint density at radius 1 is 1.08 bits per heavy atom. The third kappa shape index (κ3) is 3.72. The van der Waals surface area contributed by atoms with Crippen LogP contribution in [0.4, 0.5) is 9.18 Å². The van der Waals surface area contributed by atoms with Gasteiger partial charge in [0.25, 0.3) is 11.1 Å². The summed E-state index contributed by atoms with van der Waals surface area (Å²) in [6.45, 7) is 0.0948. The first-order valence-corrected chi connectivity index (χ1v) is 8.55. The molecular weight excluding hydrogens is 357 g/mol. The predicted octanol–water partition coefficient (Wildman–Crippen LogP) is 4.08. The van der Waals surface area contributed by atoms with Gasteiger partial charge in [-0.2, -0.15) is 0 Å². The molecule has 26 heavy (non-hydrogen) atoms. The van der Waals surface area contributed by atoms with Gasteiger partial charge >= 0.3 is 0 Å². The van der Waals surface area contributed by atoms with Gasteiger partial charge < -0.3 is 9.47 Å². The topological polar surface area (TPSA) is 55.8 Å². The molecule has 7 heteroatoms. The monoisotopic (exact) mass is 373 g/mol. The molecule has 0 bridgehead atoms. The van der Waals surface area contributed by atoms with E-state index in [2.05, 4.69) is 0 Å². The van der Waals surface area contributed by atoms with Crippen molar-refractivity contribution in [1.82, 2.24) is 4.90 Å². The van der Waals surface area contributed by atoms with Gasteiger partial charge in [0.05, 0.1) is 25.7 Å². The number of methoxy groups -OCH3 is 2. The number of carbonyl (C=O) groups excluding carboxylic acids is 2. The number of thioether (sulfide) groups is 1. The molecule has 2 aromatic rings. The highest BCUT2D eigenvalue weighted by atomic mass is 32.2. The Balaban J connectivity index is 1.86. The summed E-state index contributed by atoms with van der Waals surface area (Å²) >= 11 is 0.860. The van der Waals surface area contributed by atoms with Crippen LogP contribution in [0.15, 0.2) is 47.4 Å². The molecule has 1 heterocycles. The van der Waals surface area contributed by atoms with Gasteiger partial charge in [0.15, 0.2) is 0 Å². The number of benzene rings is 2. The summed E-state index contributed by atoms with van der Waals surface area (Å²) in [4.78, 5) is 26.3.